The summed E-state index contributed by atoms with van der Waals surface area (Å²) in [5.41, 5.74) is 2.18. The largest absolute Gasteiger partial charge is 0.348 e. The molecule has 0 aliphatic rings. The van der Waals surface area contributed by atoms with Crippen LogP contribution in [0.25, 0.3) is 11.0 Å². The van der Waals surface area contributed by atoms with E-state index in [4.69, 9.17) is 0 Å². The van der Waals surface area contributed by atoms with Crippen molar-refractivity contribution in [2.75, 3.05) is 0 Å². The lowest BCUT2D eigenvalue weighted by molar-refractivity contribution is 0.965. The number of aryl methyl sites for hydroxylation is 1. The minimum atomic E-state index is 1.03. The smallest absolute Gasteiger partial charge is 0.0892 e. The van der Waals surface area contributed by atoms with E-state index in [0.29, 0.717) is 0 Å². The molecule has 0 aliphatic carbocycles. The van der Waals surface area contributed by atoms with Crippen LogP contribution in [0.4, 0.5) is 0 Å². The second-order valence-corrected chi connectivity index (χ2v) is 3.31. The van der Waals surface area contributed by atoms with Gasteiger partial charge in [0, 0.05) is 23.9 Å². The van der Waals surface area contributed by atoms with Crippen molar-refractivity contribution < 1.29 is 0 Å². The number of rotatable bonds is 0. The second-order valence-electron chi connectivity index (χ2n) is 2.45. The van der Waals surface area contributed by atoms with Crippen LogP contribution in [-0.2, 0) is 7.05 Å². The van der Waals surface area contributed by atoms with Gasteiger partial charge in [0.2, 0.25) is 0 Å². The molecule has 0 fully saturated rings. The van der Waals surface area contributed by atoms with E-state index < -0.39 is 0 Å². The van der Waals surface area contributed by atoms with E-state index in [-0.39, 0.29) is 0 Å². The first-order chi connectivity index (χ1) is 5.29. The zero-order chi connectivity index (χ0) is 7.84. The van der Waals surface area contributed by atoms with Gasteiger partial charge in [0.25, 0.3) is 0 Å². The fraction of sp³-hybridized carbons (Fsp3) is 0.125. The summed E-state index contributed by atoms with van der Waals surface area (Å²) in [5.74, 6) is 0. The number of hydrogen-bond donors (Lipinski definition) is 0. The summed E-state index contributed by atoms with van der Waals surface area (Å²) in [6.45, 7) is 0. The molecule has 2 heterocycles. The van der Waals surface area contributed by atoms with Crippen molar-refractivity contribution in [3.8, 4) is 0 Å². The highest BCUT2D eigenvalue weighted by Crippen LogP contribution is 2.21. The number of fused-ring (bicyclic) bond motifs is 1. The van der Waals surface area contributed by atoms with Gasteiger partial charge in [-0.15, -0.1) is 0 Å². The van der Waals surface area contributed by atoms with Crippen LogP contribution in [0.5, 0.6) is 0 Å². The van der Waals surface area contributed by atoms with Crippen LogP contribution >= 0.6 is 15.9 Å². The third kappa shape index (κ3) is 0.959. The third-order valence-electron chi connectivity index (χ3n) is 1.71. The summed E-state index contributed by atoms with van der Waals surface area (Å²) in [4.78, 5) is 4.21. The van der Waals surface area contributed by atoms with Gasteiger partial charge in [-0.25, -0.2) is 0 Å². The molecule has 3 heteroatoms. The molecular formula is C8H7BrN2. The Balaban J connectivity index is 2.96. The predicted octanol–water partition coefficient (Wildman–Crippen LogP) is 2.34. The van der Waals surface area contributed by atoms with Gasteiger partial charge in [-0.1, -0.05) is 0 Å². The van der Waals surface area contributed by atoms with E-state index in [1.807, 2.05) is 29.9 Å². The summed E-state index contributed by atoms with van der Waals surface area (Å²) in [7, 11) is 2.01. The maximum Gasteiger partial charge on any atom is 0.0892 e. The molecule has 0 N–H and O–H groups in total. The number of pyridine rings is 1. The Morgan fingerprint density at radius 1 is 1.45 bits per heavy atom. The first kappa shape index (κ1) is 6.85. The first-order valence-electron chi connectivity index (χ1n) is 3.34. The van der Waals surface area contributed by atoms with Crippen molar-refractivity contribution in [2.24, 2.45) is 7.05 Å². The van der Waals surface area contributed by atoms with Crippen molar-refractivity contribution in [1.29, 1.82) is 0 Å². The van der Waals surface area contributed by atoms with E-state index in [9.17, 15) is 0 Å². The van der Waals surface area contributed by atoms with Gasteiger partial charge in [0.05, 0.1) is 11.0 Å². The Morgan fingerprint density at radius 2 is 2.27 bits per heavy atom. The van der Waals surface area contributed by atoms with E-state index in [1.165, 1.54) is 0 Å². The van der Waals surface area contributed by atoms with Crippen LogP contribution in [0, 0.1) is 0 Å². The van der Waals surface area contributed by atoms with Gasteiger partial charge in [-0.2, -0.15) is 0 Å². The maximum atomic E-state index is 4.21. The SMILES string of the molecule is Cn1ccc2nccc(Br)c21. The predicted molar refractivity (Wildman–Crippen MR) is 48.4 cm³/mol. The Morgan fingerprint density at radius 3 is 3.00 bits per heavy atom. The molecule has 0 bridgehead atoms. The van der Waals surface area contributed by atoms with Crippen LogP contribution in [0.15, 0.2) is 29.0 Å². The lowest BCUT2D eigenvalue weighted by Crippen LogP contribution is -1.85. The minimum Gasteiger partial charge on any atom is -0.348 e. The van der Waals surface area contributed by atoms with E-state index in [0.717, 1.165) is 15.5 Å². The number of hydrogen-bond acceptors (Lipinski definition) is 1. The molecule has 0 aromatic carbocycles. The van der Waals surface area contributed by atoms with Crippen LogP contribution in [0.3, 0.4) is 0 Å². The quantitative estimate of drug-likeness (QED) is 0.653. The standard InChI is InChI=1S/C8H7BrN2/c1-11-5-3-7-8(11)6(9)2-4-10-7/h2-5H,1H3. The molecule has 2 nitrogen and oxygen atoms in total. The molecule has 0 saturated carbocycles. The van der Waals surface area contributed by atoms with Crippen molar-refractivity contribution in [3.05, 3.63) is 29.0 Å². The zero-order valence-corrected chi connectivity index (χ0v) is 7.67. The van der Waals surface area contributed by atoms with Crippen LogP contribution < -0.4 is 0 Å². The number of halogens is 1. The second kappa shape index (κ2) is 2.34. The van der Waals surface area contributed by atoms with Crippen molar-refractivity contribution >= 4 is 27.0 Å². The van der Waals surface area contributed by atoms with Gasteiger partial charge in [-0.3, -0.25) is 4.98 Å². The molecule has 2 aromatic heterocycles. The molecule has 2 aromatic rings. The Kier molecular flexibility index (Phi) is 1.46. The highest BCUT2D eigenvalue weighted by atomic mass is 79.9. The van der Waals surface area contributed by atoms with Crippen molar-refractivity contribution in [1.82, 2.24) is 9.55 Å². The average molecular weight is 211 g/mol. The fourth-order valence-electron chi connectivity index (χ4n) is 1.17. The minimum absolute atomic E-state index is 1.03. The van der Waals surface area contributed by atoms with E-state index in [2.05, 4.69) is 20.9 Å². The van der Waals surface area contributed by atoms with Gasteiger partial charge < -0.3 is 4.57 Å². The van der Waals surface area contributed by atoms with Gasteiger partial charge in [-0.05, 0) is 28.1 Å². The topological polar surface area (TPSA) is 17.8 Å². The zero-order valence-electron chi connectivity index (χ0n) is 6.08. The number of aromatic nitrogens is 2. The summed E-state index contributed by atoms with van der Waals surface area (Å²) in [5, 5.41) is 0. The summed E-state index contributed by atoms with van der Waals surface area (Å²) >= 11 is 3.47. The third-order valence-corrected chi connectivity index (χ3v) is 2.35. The highest BCUT2D eigenvalue weighted by Gasteiger charge is 2.00. The molecule has 11 heavy (non-hydrogen) atoms. The molecule has 0 atom stereocenters. The average Bonchev–Trinajstić information content (AvgIpc) is 2.34. The molecule has 0 radical (unpaired) electrons. The Labute approximate surface area is 73.0 Å². The van der Waals surface area contributed by atoms with Gasteiger partial charge in [0.15, 0.2) is 0 Å². The van der Waals surface area contributed by atoms with Crippen LogP contribution in [0.2, 0.25) is 0 Å². The molecule has 0 aliphatic heterocycles. The first-order valence-corrected chi connectivity index (χ1v) is 4.14. The molecule has 0 amide bonds. The molecule has 0 saturated heterocycles. The molecular weight excluding hydrogens is 204 g/mol. The maximum absolute atomic E-state index is 4.21. The molecule has 0 unspecified atom stereocenters. The highest BCUT2D eigenvalue weighted by molar-refractivity contribution is 9.10. The van der Waals surface area contributed by atoms with Crippen molar-refractivity contribution in [2.45, 2.75) is 0 Å². The van der Waals surface area contributed by atoms with Gasteiger partial charge in [0.1, 0.15) is 0 Å². The molecule has 2 rings (SSSR count). The van der Waals surface area contributed by atoms with Crippen LogP contribution in [-0.4, -0.2) is 9.55 Å². The number of nitrogens with zero attached hydrogens (tertiary/aromatic N) is 2. The lowest BCUT2D eigenvalue weighted by Gasteiger charge is -1.96. The fourth-order valence-corrected chi connectivity index (χ4v) is 1.77. The lowest BCUT2D eigenvalue weighted by atomic mass is 10.4. The molecule has 56 valence electrons. The van der Waals surface area contributed by atoms with E-state index in [1.54, 1.807) is 6.20 Å². The molecule has 0 spiro atoms. The van der Waals surface area contributed by atoms with Crippen molar-refractivity contribution in [3.63, 3.8) is 0 Å². The van der Waals surface area contributed by atoms with Crippen LogP contribution in [0.1, 0.15) is 0 Å². The van der Waals surface area contributed by atoms with Gasteiger partial charge >= 0.3 is 0 Å². The summed E-state index contributed by atoms with van der Waals surface area (Å²) in [6, 6.07) is 3.95. The Bertz CT molecular complexity index is 392. The van der Waals surface area contributed by atoms with E-state index >= 15 is 0 Å². The monoisotopic (exact) mass is 210 g/mol. The summed E-state index contributed by atoms with van der Waals surface area (Å²) in [6.07, 6.45) is 3.80. The normalized spacial score (nSPS) is 10.7. The summed E-state index contributed by atoms with van der Waals surface area (Å²) < 4.78 is 3.14. The Hall–Kier alpha value is -0.830.